The highest BCUT2D eigenvalue weighted by atomic mass is 35.5. The predicted molar refractivity (Wildman–Crippen MR) is 84.5 cm³/mol. The summed E-state index contributed by atoms with van der Waals surface area (Å²) in [4.78, 5) is 11.8. The van der Waals surface area contributed by atoms with Gasteiger partial charge >= 0.3 is 0 Å². The van der Waals surface area contributed by atoms with Crippen LogP contribution in [0.4, 0.5) is 11.4 Å². The summed E-state index contributed by atoms with van der Waals surface area (Å²) in [5, 5.41) is 6.59. The Kier molecular flexibility index (Phi) is 4.64. The van der Waals surface area contributed by atoms with Crippen LogP contribution in [0.2, 0.25) is 5.02 Å². The maximum atomic E-state index is 11.8. The molecule has 0 aliphatic heterocycles. The molecule has 0 atom stereocenters. The molecule has 104 valence electrons. The topological polar surface area (TPSA) is 41.1 Å². The van der Waals surface area contributed by atoms with Gasteiger partial charge in [0.25, 0.3) is 0 Å². The molecule has 2 rings (SSSR count). The highest BCUT2D eigenvalue weighted by Crippen LogP contribution is 2.16. The minimum Gasteiger partial charge on any atom is -0.376 e. The van der Waals surface area contributed by atoms with Gasteiger partial charge in [-0.05, 0) is 49.7 Å². The van der Waals surface area contributed by atoms with Crippen molar-refractivity contribution < 1.29 is 4.79 Å². The van der Waals surface area contributed by atoms with E-state index in [1.165, 1.54) is 5.56 Å². The fourth-order valence-electron chi connectivity index (χ4n) is 1.93. The number of rotatable bonds is 4. The van der Waals surface area contributed by atoms with E-state index in [2.05, 4.69) is 16.7 Å². The Morgan fingerprint density at radius 2 is 1.80 bits per heavy atom. The Morgan fingerprint density at radius 1 is 1.10 bits per heavy atom. The van der Waals surface area contributed by atoms with E-state index in [0.717, 1.165) is 16.9 Å². The van der Waals surface area contributed by atoms with Crippen LogP contribution < -0.4 is 10.6 Å². The molecule has 2 aromatic rings. The van der Waals surface area contributed by atoms with Crippen LogP contribution in [0, 0.1) is 13.8 Å². The van der Waals surface area contributed by atoms with Crippen molar-refractivity contribution in [1.82, 2.24) is 0 Å². The summed E-state index contributed by atoms with van der Waals surface area (Å²) in [6.45, 7) is 4.29. The largest absolute Gasteiger partial charge is 0.376 e. The summed E-state index contributed by atoms with van der Waals surface area (Å²) < 4.78 is 0. The van der Waals surface area contributed by atoms with Crippen LogP contribution >= 0.6 is 11.6 Å². The van der Waals surface area contributed by atoms with Gasteiger partial charge in [0.15, 0.2) is 0 Å². The van der Waals surface area contributed by atoms with E-state index in [0.29, 0.717) is 5.02 Å². The molecule has 0 fully saturated rings. The molecule has 2 aromatic carbocycles. The van der Waals surface area contributed by atoms with Crippen LogP contribution in [0.3, 0.4) is 0 Å². The smallest absolute Gasteiger partial charge is 0.243 e. The molecule has 0 saturated heterocycles. The quantitative estimate of drug-likeness (QED) is 0.892. The number of hydrogen-bond donors (Lipinski definition) is 2. The molecule has 2 N–H and O–H groups in total. The van der Waals surface area contributed by atoms with E-state index < -0.39 is 0 Å². The first-order valence-corrected chi connectivity index (χ1v) is 6.79. The molecule has 0 aromatic heterocycles. The Morgan fingerprint density at radius 3 is 2.45 bits per heavy atom. The zero-order valence-electron chi connectivity index (χ0n) is 11.5. The van der Waals surface area contributed by atoms with Gasteiger partial charge in [0, 0.05) is 16.4 Å². The van der Waals surface area contributed by atoms with Crippen molar-refractivity contribution in [2.24, 2.45) is 0 Å². The number of benzene rings is 2. The zero-order valence-corrected chi connectivity index (χ0v) is 12.3. The first-order chi connectivity index (χ1) is 9.54. The second kappa shape index (κ2) is 6.44. The van der Waals surface area contributed by atoms with Crippen LogP contribution in [0.5, 0.6) is 0 Å². The second-order valence-electron chi connectivity index (χ2n) is 4.73. The third-order valence-electron chi connectivity index (χ3n) is 2.95. The van der Waals surface area contributed by atoms with Gasteiger partial charge in [-0.25, -0.2) is 0 Å². The first kappa shape index (κ1) is 14.4. The van der Waals surface area contributed by atoms with Gasteiger partial charge in [-0.15, -0.1) is 0 Å². The molecule has 0 aliphatic rings. The Balaban J connectivity index is 1.90. The van der Waals surface area contributed by atoms with Gasteiger partial charge in [-0.2, -0.15) is 0 Å². The summed E-state index contributed by atoms with van der Waals surface area (Å²) in [5.74, 6) is -0.0905. The number of carbonyl (C=O) groups excluding carboxylic acids is 1. The average Bonchev–Trinajstić information content (AvgIpc) is 2.40. The van der Waals surface area contributed by atoms with E-state index >= 15 is 0 Å². The van der Waals surface area contributed by atoms with E-state index in [-0.39, 0.29) is 12.5 Å². The lowest BCUT2D eigenvalue weighted by Crippen LogP contribution is -2.22. The third kappa shape index (κ3) is 4.00. The SMILES string of the molecule is Cc1ccc(NCC(=O)Nc2ccc(Cl)cc2)c(C)c1. The predicted octanol–water partition coefficient (Wildman–Crippen LogP) is 4.01. The lowest BCUT2D eigenvalue weighted by Gasteiger charge is -2.10. The summed E-state index contributed by atoms with van der Waals surface area (Å²) in [6.07, 6.45) is 0. The van der Waals surface area contributed by atoms with Crippen LogP contribution in [-0.4, -0.2) is 12.5 Å². The monoisotopic (exact) mass is 288 g/mol. The molecular formula is C16H17ClN2O. The highest BCUT2D eigenvalue weighted by molar-refractivity contribution is 6.30. The molecule has 4 heteroatoms. The van der Waals surface area contributed by atoms with Crippen LogP contribution in [0.25, 0.3) is 0 Å². The van der Waals surface area contributed by atoms with Crippen LogP contribution in [0.1, 0.15) is 11.1 Å². The van der Waals surface area contributed by atoms with Gasteiger partial charge in [-0.3, -0.25) is 4.79 Å². The van der Waals surface area contributed by atoms with Crippen molar-refractivity contribution in [2.45, 2.75) is 13.8 Å². The summed E-state index contributed by atoms with van der Waals surface area (Å²) in [5.41, 5.74) is 4.05. The van der Waals surface area contributed by atoms with Gasteiger partial charge in [-0.1, -0.05) is 29.3 Å². The molecule has 0 radical (unpaired) electrons. The van der Waals surface area contributed by atoms with Crippen molar-refractivity contribution in [3.63, 3.8) is 0 Å². The first-order valence-electron chi connectivity index (χ1n) is 6.41. The maximum absolute atomic E-state index is 11.8. The van der Waals surface area contributed by atoms with Crippen molar-refractivity contribution in [1.29, 1.82) is 0 Å². The molecule has 20 heavy (non-hydrogen) atoms. The molecule has 0 heterocycles. The highest BCUT2D eigenvalue weighted by Gasteiger charge is 2.04. The van der Waals surface area contributed by atoms with Crippen LogP contribution in [-0.2, 0) is 4.79 Å². The van der Waals surface area contributed by atoms with Gasteiger partial charge in [0.1, 0.15) is 0 Å². The van der Waals surface area contributed by atoms with Crippen molar-refractivity contribution in [3.05, 3.63) is 58.6 Å². The minimum absolute atomic E-state index is 0.0905. The lowest BCUT2D eigenvalue weighted by atomic mass is 10.1. The second-order valence-corrected chi connectivity index (χ2v) is 5.16. The average molecular weight is 289 g/mol. The lowest BCUT2D eigenvalue weighted by molar-refractivity contribution is -0.114. The molecule has 0 aliphatic carbocycles. The van der Waals surface area contributed by atoms with E-state index in [1.54, 1.807) is 24.3 Å². The molecule has 0 unspecified atom stereocenters. The van der Waals surface area contributed by atoms with E-state index in [9.17, 15) is 4.79 Å². The van der Waals surface area contributed by atoms with E-state index in [1.807, 2.05) is 26.0 Å². The number of anilines is 2. The number of aryl methyl sites for hydroxylation is 2. The number of amides is 1. The minimum atomic E-state index is -0.0905. The molecule has 1 amide bonds. The Labute approximate surface area is 124 Å². The molecule has 0 bridgehead atoms. The number of halogens is 1. The fourth-order valence-corrected chi connectivity index (χ4v) is 2.05. The zero-order chi connectivity index (χ0) is 14.5. The van der Waals surface area contributed by atoms with E-state index in [4.69, 9.17) is 11.6 Å². The number of nitrogens with one attached hydrogen (secondary N) is 2. The molecule has 0 saturated carbocycles. The maximum Gasteiger partial charge on any atom is 0.243 e. The van der Waals surface area contributed by atoms with Crippen LogP contribution in [0.15, 0.2) is 42.5 Å². The van der Waals surface area contributed by atoms with Crippen molar-refractivity contribution in [3.8, 4) is 0 Å². The third-order valence-corrected chi connectivity index (χ3v) is 3.20. The summed E-state index contributed by atoms with van der Waals surface area (Å²) in [6, 6.07) is 13.1. The Hall–Kier alpha value is -2.00. The number of carbonyl (C=O) groups is 1. The standard InChI is InChI=1S/C16H17ClN2O/c1-11-3-8-15(12(2)9-11)18-10-16(20)19-14-6-4-13(17)5-7-14/h3-9,18H,10H2,1-2H3,(H,19,20). The Bertz CT molecular complexity index is 608. The van der Waals surface area contributed by atoms with Gasteiger partial charge < -0.3 is 10.6 Å². The van der Waals surface area contributed by atoms with Crippen molar-refractivity contribution in [2.75, 3.05) is 17.2 Å². The molecule has 3 nitrogen and oxygen atoms in total. The fraction of sp³-hybridized carbons (Fsp3) is 0.188. The van der Waals surface area contributed by atoms with Crippen molar-refractivity contribution >= 4 is 28.9 Å². The van der Waals surface area contributed by atoms with Gasteiger partial charge in [0.05, 0.1) is 6.54 Å². The van der Waals surface area contributed by atoms with Gasteiger partial charge in [0.2, 0.25) is 5.91 Å². The summed E-state index contributed by atoms with van der Waals surface area (Å²) >= 11 is 5.79. The molecule has 0 spiro atoms. The molecular weight excluding hydrogens is 272 g/mol. The summed E-state index contributed by atoms with van der Waals surface area (Å²) in [7, 11) is 0. The number of hydrogen-bond acceptors (Lipinski definition) is 2. The normalized spacial score (nSPS) is 10.2.